The zero-order valence-corrected chi connectivity index (χ0v) is 17.3. The van der Waals surface area contributed by atoms with Crippen LogP contribution in [0.5, 0.6) is 0 Å². The van der Waals surface area contributed by atoms with Crippen LogP contribution in [-0.2, 0) is 11.2 Å². The maximum atomic E-state index is 12.6. The van der Waals surface area contributed by atoms with Gasteiger partial charge in [0.05, 0.1) is 10.6 Å². The number of aromatic amines is 2. The van der Waals surface area contributed by atoms with Crippen molar-refractivity contribution in [1.82, 2.24) is 19.8 Å². The number of piperazine rings is 1. The van der Waals surface area contributed by atoms with Gasteiger partial charge in [0.25, 0.3) is 11.5 Å². The first-order chi connectivity index (χ1) is 13.8. The lowest BCUT2D eigenvalue weighted by Crippen LogP contribution is -2.50. The highest BCUT2D eigenvalue weighted by Gasteiger charge is 2.26. The predicted molar refractivity (Wildman–Crippen MR) is 110 cm³/mol. The molecule has 2 heterocycles. The molecule has 29 heavy (non-hydrogen) atoms. The van der Waals surface area contributed by atoms with Gasteiger partial charge in [0.1, 0.15) is 0 Å². The minimum Gasteiger partial charge on any atom is -0.339 e. The molecule has 154 valence electrons. The third-order valence-electron chi connectivity index (χ3n) is 4.92. The lowest BCUT2D eigenvalue weighted by molar-refractivity contribution is -0.132. The average molecular weight is 439 g/mol. The molecule has 1 fully saturated rings. The van der Waals surface area contributed by atoms with Crippen LogP contribution in [0.15, 0.2) is 27.8 Å². The number of carbonyl (C=O) groups excluding carboxylic acids is 2. The molecule has 2 amide bonds. The lowest BCUT2D eigenvalue weighted by Gasteiger charge is -2.35. The van der Waals surface area contributed by atoms with Crippen LogP contribution < -0.4 is 11.2 Å². The van der Waals surface area contributed by atoms with E-state index in [-0.39, 0.29) is 24.7 Å². The van der Waals surface area contributed by atoms with E-state index in [1.807, 2.05) is 0 Å². The summed E-state index contributed by atoms with van der Waals surface area (Å²) in [4.78, 5) is 56.3. The lowest BCUT2D eigenvalue weighted by atomic mass is 10.1. The Labute approximate surface area is 176 Å². The molecule has 8 nitrogen and oxygen atoms in total. The van der Waals surface area contributed by atoms with Gasteiger partial charge in [-0.2, -0.15) is 0 Å². The van der Waals surface area contributed by atoms with Crippen molar-refractivity contribution in [1.29, 1.82) is 0 Å². The summed E-state index contributed by atoms with van der Waals surface area (Å²) >= 11 is 12.0. The van der Waals surface area contributed by atoms with Crippen molar-refractivity contribution in [3.63, 3.8) is 0 Å². The summed E-state index contributed by atoms with van der Waals surface area (Å²) in [5.74, 6) is -0.305. The Kier molecular flexibility index (Phi) is 6.44. The highest BCUT2D eigenvalue weighted by atomic mass is 35.5. The van der Waals surface area contributed by atoms with Crippen LogP contribution in [-0.4, -0.2) is 57.8 Å². The molecule has 0 saturated carbocycles. The number of hydrogen-bond donors (Lipinski definition) is 2. The number of rotatable bonds is 4. The number of aryl methyl sites for hydroxylation is 1. The topological polar surface area (TPSA) is 106 Å². The predicted octanol–water partition coefficient (Wildman–Crippen LogP) is 1.60. The van der Waals surface area contributed by atoms with E-state index in [1.165, 1.54) is 6.07 Å². The average Bonchev–Trinajstić information content (AvgIpc) is 2.66. The van der Waals surface area contributed by atoms with E-state index in [9.17, 15) is 19.2 Å². The van der Waals surface area contributed by atoms with E-state index >= 15 is 0 Å². The fourth-order valence-corrected chi connectivity index (χ4v) is 3.80. The summed E-state index contributed by atoms with van der Waals surface area (Å²) in [5.41, 5.74) is 0.188. The highest BCUT2D eigenvalue weighted by molar-refractivity contribution is 6.36. The van der Waals surface area contributed by atoms with Crippen molar-refractivity contribution in [2.45, 2.75) is 19.8 Å². The van der Waals surface area contributed by atoms with E-state index < -0.39 is 11.2 Å². The van der Waals surface area contributed by atoms with Gasteiger partial charge in [-0.05, 0) is 31.5 Å². The summed E-state index contributed by atoms with van der Waals surface area (Å²) in [6.07, 6.45) is 0.378. The molecule has 1 aromatic carbocycles. The molecule has 0 atom stereocenters. The third kappa shape index (κ3) is 4.89. The first-order valence-corrected chi connectivity index (χ1v) is 9.86. The van der Waals surface area contributed by atoms with Gasteiger partial charge < -0.3 is 14.8 Å². The number of aromatic nitrogens is 2. The van der Waals surface area contributed by atoms with Crippen LogP contribution in [0.3, 0.4) is 0 Å². The summed E-state index contributed by atoms with van der Waals surface area (Å²) < 4.78 is 0. The number of amides is 2. The molecule has 1 aliphatic rings. The van der Waals surface area contributed by atoms with Crippen molar-refractivity contribution in [3.8, 4) is 0 Å². The van der Waals surface area contributed by atoms with Gasteiger partial charge in [-0.25, -0.2) is 4.79 Å². The van der Waals surface area contributed by atoms with E-state index in [2.05, 4.69) is 9.97 Å². The molecule has 0 bridgehead atoms. The number of hydrogen-bond acceptors (Lipinski definition) is 4. The third-order valence-corrected chi connectivity index (χ3v) is 5.47. The van der Waals surface area contributed by atoms with E-state index in [0.717, 1.165) is 0 Å². The fourth-order valence-electron chi connectivity index (χ4n) is 3.31. The molecule has 0 unspecified atom stereocenters. The summed E-state index contributed by atoms with van der Waals surface area (Å²) in [6.45, 7) is 3.21. The van der Waals surface area contributed by atoms with E-state index in [0.29, 0.717) is 53.0 Å². The highest BCUT2D eigenvalue weighted by Crippen LogP contribution is 2.23. The second-order valence-electron chi connectivity index (χ2n) is 6.81. The molecule has 2 aromatic rings. The van der Waals surface area contributed by atoms with Crippen molar-refractivity contribution in [2.75, 3.05) is 26.2 Å². The van der Waals surface area contributed by atoms with Crippen molar-refractivity contribution < 1.29 is 9.59 Å². The second-order valence-corrected chi connectivity index (χ2v) is 7.65. The molecule has 1 aliphatic heterocycles. The number of H-pyrrole nitrogens is 2. The Bertz CT molecular complexity index is 1050. The van der Waals surface area contributed by atoms with Gasteiger partial charge in [-0.1, -0.05) is 23.2 Å². The molecule has 0 aliphatic carbocycles. The standard InChI is InChI=1S/C19H20Cl2N4O4/c1-11-13(17(27)23-19(29)22-11)4-5-16(26)24-6-8-25(9-7-24)18(28)14-3-2-12(20)10-15(14)21/h2-3,10H,4-9H2,1H3,(H2,22,23,27,29). The zero-order chi connectivity index (χ0) is 21.1. The smallest absolute Gasteiger partial charge is 0.325 e. The molecule has 10 heteroatoms. The maximum Gasteiger partial charge on any atom is 0.325 e. The van der Waals surface area contributed by atoms with Crippen molar-refractivity contribution in [3.05, 3.63) is 65.9 Å². The van der Waals surface area contributed by atoms with Gasteiger partial charge in [0.15, 0.2) is 0 Å². The summed E-state index contributed by atoms with van der Waals surface area (Å²) in [6, 6.07) is 4.73. The quantitative estimate of drug-likeness (QED) is 0.755. The molecule has 1 saturated heterocycles. The van der Waals surface area contributed by atoms with Crippen LogP contribution in [0.1, 0.15) is 28.0 Å². The van der Waals surface area contributed by atoms with Crippen LogP contribution in [0.4, 0.5) is 0 Å². The summed E-state index contributed by atoms with van der Waals surface area (Å²) in [5, 5.41) is 0.751. The number of nitrogens with zero attached hydrogens (tertiary/aromatic N) is 2. The largest absolute Gasteiger partial charge is 0.339 e. The van der Waals surface area contributed by atoms with Gasteiger partial charge in [-0.15, -0.1) is 0 Å². The first kappa shape index (κ1) is 21.1. The van der Waals surface area contributed by atoms with Crippen molar-refractivity contribution >= 4 is 35.0 Å². The molecule has 0 radical (unpaired) electrons. The van der Waals surface area contributed by atoms with Gasteiger partial charge in [-0.3, -0.25) is 19.4 Å². The molecule has 3 rings (SSSR count). The number of benzene rings is 1. The van der Waals surface area contributed by atoms with Gasteiger partial charge in [0, 0.05) is 48.9 Å². The van der Waals surface area contributed by atoms with Gasteiger partial charge in [0.2, 0.25) is 5.91 Å². The molecule has 0 spiro atoms. The summed E-state index contributed by atoms with van der Waals surface area (Å²) in [7, 11) is 0. The number of halogens is 2. The van der Waals surface area contributed by atoms with Crippen LogP contribution in [0.2, 0.25) is 10.0 Å². The Morgan fingerprint density at radius 3 is 2.31 bits per heavy atom. The zero-order valence-electron chi connectivity index (χ0n) is 15.8. The first-order valence-electron chi connectivity index (χ1n) is 9.10. The molecular weight excluding hydrogens is 419 g/mol. The molecule has 1 aromatic heterocycles. The monoisotopic (exact) mass is 438 g/mol. The minimum absolute atomic E-state index is 0.105. The Morgan fingerprint density at radius 2 is 1.69 bits per heavy atom. The number of carbonyl (C=O) groups is 2. The van der Waals surface area contributed by atoms with E-state index in [4.69, 9.17) is 23.2 Å². The second kappa shape index (κ2) is 8.84. The number of nitrogens with one attached hydrogen (secondary N) is 2. The van der Waals surface area contributed by atoms with E-state index in [1.54, 1.807) is 28.9 Å². The Morgan fingerprint density at radius 1 is 1.03 bits per heavy atom. The maximum absolute atomic E-state index is 12.6. The normalized spacial score (nSPS) is 14.2. The van der Waals surface area contributed by atoms with Crippen LogP contribution >= 0.6 is 23.2 Å². The fraction of sp³-hybridized carbons (Fsp3) is 0.368. The van der Waals surface area contributed by atoms with Crippen LogP contribution in [0, 0.1) is 6.92 Å². The minimum atomic E-state index is -0.566. The van der Waals surface area contributed by atoms with Crippen molar-refractivity contribution in [2.24, 2.45) is 0 Å². The van der Waals surface area contributed by atoms with Crippen LogP contribution in [0.25, 0.3) is 0 Å². The molecule has 2 N–H and O–H groups in total. The SMILES string of the molecule is Cc1[nH]c(=O)[nH]c(=O)c1CCC(=O)N1CCN(C(=O)c2ccc(Cl)cc2Cl)CC1. The van der Waals surface area contributed by atoms with Gasteiger partial charge >= 0.3 is 5.69 Å². The molecular formula is C19H20Cl2N4O4. The Hall–Kier alpha value is -2.58. The Balaban J connectivity index is 1.56.